The first-order valence-electron chi connectivity index (χ1n) is 29.2. The normalized spacial score (nSPS) is 16.2. The van der Waals surface area contributed by atoms with Crippen LogP contribution in [0.1, 0.15) is 124 Å². The maximum absolute atomic E-state index is 2.56. The van der Waals surface area contributed by atoms with E-state index >= 15 is 0 Å². The van der Waals surface area contributed by atoms with Gasteiger partial charge in [-0.25, -0.2) is 0 Å². The third-order valence-electron chi connectivity index (χ3n) is 19.3. The molecular weight excluding hydrogens is 975 g/mol. The summed E-state index contributed by atoms with van der Waals surface area (Å²) in [6.07, 6.45) is 0. The molecule has 4 aliphatic rings. The number of benzene rings is 11. The van der Waals surface area contributed by atoms with Gasteiger partial charge in [0.25, 0.3) is 0 Å². The molecule has 15 rings (SSSR count). The highest BCUT2D eigenvalue weighted by molar-refractivity contribution is 6.02. The smallest absolute Gasteiger partial charge is 0.0726 e. The van der Waals surface area contributed by atoms with Crippen LogP contribution in [0.4, 0.5) is 17.1 Å². The van der Waals surface area contributed by atoms with Crippen molar-refractivity contribution in [3.63, 3.8) is 0 Å². The van der Waals surface area contributed by atoms with Crippen LogP contribution in [0.5, 0.6) is 0 Å². The first kappa shape index (κ1) is 49.3. The summed E-state index contributed by atoms with van der Waals surface area (Å²) in [5.41, 5.74) is 32.7. The minimum atomic E-state index is -0.534. The summed E-state index contributed by atoms with van der Waals surface area (Å²) < 4.78 is 0. The van der Waals surface area contributed by atoms with Crippen molar-refractivity contribution in [2.45, 2.75) is 89.4 Å². The van der Waals surface area contributed by atoms with Crippen molar-refractivity contribution in [2.75, 3.05) is 4.90 Å². The van der Waals surface area contributed by atoms with Gasteiger partial charge in [-0.3, -0.25) is 0 Å². The SMILES string of the molecule is CC(C)(C)c1ccc2c(c1)C1(c3cc(C(C)(C)C)ccc3-2)c2ccccc2-c2c(N(c3ccc(-c4ccc5c(c4)C(C)(c4ccccc4)c4ccccc4-5)cc3)c3ccc(-c4cccc5c4C(C)(C)c4ccccc4-5)cc3)cccc21. The average molecular weight is 1040 g/mol. The Labute approximate surface area is 479 Å². The molecule has 1 spiro atoms. The van der Waals surface area contributed by atoms with E-state index in [1.165, 1.54) is 128 Å². The lowest BCUT2D eigenvalue weighted by Crippen LogP contribution is -2.27. The van der Waals surface area contributed by atoms with Gasteiger partial charge in [-0.2, -0.15) is 0 Å². The quantitative estimate of drug-likeness (QED) is 0.160. The molecule has 0 aromatic heterocycles. The van der Waals surface area contributed by atoms with Gasteiger partial charge in [0.05, 0.1) is 11.1 Å². The standard InChI is InChI=1S/C80H67N/c1-76(2,3)54-38-45-62-63-46-39-55(77(4,5)6)49-72(63)80(71(62)48-54)68-30-18-15-25-65(68)74-69(80)31-20-32-73(74)81(57-42-35-51(36-43-57)58-26-19-27-64-60-24-13-16-28-66(60)78(7,8)75(58)64)56-40-33-50(34-41-56)52-37-44-61-59-23-14-17-29-67(59)79(9,70(61)47-52)53-21-11-10-12-22-53/h10-49H,1-9H3. The Balaban J connectivity index is 0.928. The zero-order valence-electron chi connectivity index (χ0n) is 48.0. The van der Waals surface area contributed by atoms with Gasteiger partial charge >= 0.3 is 0 Å². The first-order valence-corrected chi connectivity index (χ1v) is 29.2. The van der Waals surface area contributed by atoms with Gasteiger partial charge in [-0.05, 0) is 177 Å². The summed E-state index contributed by atoms with van der Waals surface area (Å²) in [4.78, 5) is 2.54. The molecule has 0 bridgehead atoms. The molecule has 0 amide bonds. The van der Waals surface area contributed by atoms with Gasteiger partial charge in [0.1, 0.15) is 0 Å². The van der Waals surface area contributed by atoms with Crippen molar-refractivity contribution in [1.82, 2.24) is 0 Å². The maximum atomic E-state index is 2.56. The molecule has 1 unspecified atom stereocenters. The van der Waals surface area contributed by atoms with Gasteiger partial charge < -0.3 is 4.90 Å². The lowest BCUT2D eigenvalue weighted by Gasteiger charge is -2.33. The van der Waals surface area contributed by atoms with Crippen LogP contribution >= 0.6 is 0 Å². The Bertz CT molecular complexity index is 4320. The largest absolute Gasteiger partial charge is 0.310 e. The molecule has 1 heteroatoms. The fraction of sp³-hybridized carbons (Fsp3) is 0.175. The highest BCUT2D eigenvalue weighted by atomic mass is 15.1. The Morgan fingerprint density at radius 1 is 0.309 bits per heavy atom. The molecule has 0 heterocycles. The molecule has 1 nitrogen and oxygen atoms in total. The third kappa shape index (κ3) is 6.97. The second-order valence-corrected chi connectivity index (χ2v) is 26.1. The van der Waals surface area contributed by atoms with Crippen LogP contribution in [0.3, 0.4) is 0 Å². The van der Waals surface area contributed by atoms with Gasteiger partial charge in [0.2, 0.25) is 0 Å². The van der Waals surface area contributed by atoms with E-state index in [1.54, 1.807) is 0 Å². The lowest BCUT2D eigenvalue weighted by molar-refractivity contribution is 0.586. The zero-order chi connectivity index (χ0) is 55.4. The first-order chi connectivity index (χ1) is 39.1. The molecule has 0 aliphatic heterocycles. The molecule has 11 aromatic carbocycles. The maximum Gasteiger partial charge on any atom is 0.0726 e. The summed E-state index contributed by atoms with van der Waals surface area (Å²) in [7, 11) is 0. The Kier molecular flexibility index (Phi) is 10.6. The van der Waals surface area contributed by atoms with Crippen LogP contribution in [0, 0.1) is 0 Å². The van der Waals surface area contributed by atoms with Crippen molar-refractivity contribution in [3.8, 4) is 66.8 Å². The van der Waals surface area contributed by atoms with Gasteiger partial charge in [0, 0.05) is 27.8 Å². The summed E-state index contributed by atoms with van der Waals surface area (Å²) in [6.45, 7) is 21.3. The molecule has 1 atom stereocenters. The van der Waals surface area contributed by atoms with Crippen LogP contribution < -0.4 is 4.90 Å². The Morgan fingerprint density at radius 2 is 0.765 bits per heavy atom. The van der Waals surface area contributed by atoms with Crippen molar-refractivity contribution < 1.29 is 0 Å². The zero-order valence-corrected chi connectivity index (χ0v) is 48.0. The lowest BCUT2D eigenvalue weighted by atomic mass is 9.69. The molecule has 0 fully saturated rings. The van der Waals surface area contributed by atoms with Crippen molar-refractivity contribution in [3.05, 3.63) is 304 Å². The van der Waals surface area contributed by atoms with Gasteiger partial charge in [-0.1, -0.05) is 262 Å². The van der Waals surface area contributed by atoms with Gasteiger partial charge in [0.15, 0.2) is 0 Å². The molecule has 392 valence electrons. The van der Waals surface area contributed by atoms with Crippen molar-refractivity contribution in [2.24, 2.45) is 0 Å². The van der Waals surface area contributed by atoms with E-state index in [0.717, 1.165) is 17.1 Å². The van der Waals surface area contributed by atoms with E-state index in [0.29, 0.717) is 0 Å². The van der Waals surface area contributed by atoms with E-state index in [1.807, 2.05) is 0 Å². The minimum absolute atomic E-state index is 0.0363. The van der Waals surface area contributed by atoms with E-state index in [-0.39, 0.29) is 21.7 Å². The van der Waals surface area contributed by atoms with Gasteiger partial charge in [-0.15, -0.1) is 0 Å². The number of nitrogens with zero attached hydrogens (tertiary/aromatic N) is 1. The van der Waals surface area contributed by atoms with E-state index < -0.39 is 5.41 Å². The summed E-state index contributed by atoms with van der Waals surface area (Å²) >= 11 is 0. The number of hydrogen-bond acceptors (Lipinski definition) is 1. The highest BCUT2D eigenvalue weighted by Gasteiger charge is 2.53. The van der Waals surface area contributed by atoms with E-state index in [9.17, 15) is 0 Å². The second-order valence-electron chi connectivity index (χ2n) is 26.1. The Morgan fingerprint density at radius 3 is 1.40 bits per heavy atom. The predicted octanol–water partition coefficient (Wildman–Crippen LogP) is 21.1. The van der Waals surface area contributed by atoms with Crippen LogP contribution in [-0.4, -0.2) is 0 Å². The average Bonchev–Trinajstić information content (AvgIpc) is 2.37. The highest BCUT2D eigenvalue weighted by Crippen LogP contribution is 2.66. The fourth-order valence-electron chi connectivity index (χ4n) is 15.2. The molecule has 81 heavy (non-hydrogen) atoms. The minimum Gasteiger partial charge on any atom is -0.310 e. The van der Waals surface area contributed by atoms with Crippen LogP contribution in [0.2, 0.25) is 0 Å². The summed E-state index contributed by atoms with van der Waals surface area (Å²) in [6, 6.07) is 93.0. The molecule has 0 radical (unpaired) electrons. The predicted molar refractivity (Wildman–Crippen MR) is 341 cm³/mol. The molecule has 0 N–H and O–H groups in total. The summed E-state index contributed by atoms with van der Waals surface area (Å²) in [5, 5.41) is 0. The van der Waals surface area contributed by atoms with Crippen molar-refractivity contribution >= 4 is 17.1 Å². The fourth-order valence-corrected chi connectivity index (χ4v) is 15.2. The number of rotatable bonds is 6. The van der Waals surface area contributed by atoms with E-state index in [4.69, 9.17) is 0 Å². The monoisotopic (exact) mass is 1040 g/mol. The molecule has 4 aliphatic carbocycles. The van der Waals surface area contributed by atoms with Crippen LogP contribution in [-0.2, 0) is 27.1 Å². The number of hydrogen-bond donors (Lipinski definition) is 0. The third-order valence-corrected chi connectivity index (χ3v) is 19.3. The molecule has 0 saturated carbocycles. The molecule has 0 saturated heterocycles. The van der Waals surface area contributed by atoms with Crippen LogP contribution in [0.25, 0.3) is 66.8 Å². The number of fused-ring (bicyclic) bond motifs is 16. The summed E-state index contributed by atoms with van der Waals surface area (Å²) in [5.74, 6) is 0. The van der Waals surface area contributed by atoms with Crippen LogP contribution in [0.15, 0.2) is 243 Å². The van der Waals surface area contributed by atoms with Crippen molar-refractivity contribution in [1.29, 1.82) is 0 Å². The second kappa shape index (κ2) is 17.4. The number of anilines is 3. The Hall–Kier alpha value is -8.78. The van der Waals surface area contributed by atoms with E-state index in [2.05, 4.69) is 310 Å². The molecular formula is C80H67N. The molecule has 11 aromatic rings. The topological polar surface area (TPSA) is 3.24 Å².